The number of carbonyl (C=O) groups is 2. The van der Waals surface area contributed by atoms with Gasteiger partial charge in [-0.15, -0.1) is 11.3 Å². The molecule has 2 aromatic rings. The van der Waals surface area contributed by atoms with E-state index in [1.165, 1.54) is 30.4 Å². The first-order valence-electron chi connectivity index (χ1n) is 7.05. The zero-order valence-electron chi connectivity index (χ0n) is 13.3. The van der Waals surface area contributed by atoms with Crippen LogP contribution >= 0.6 is 11.3 Å². The van der Waals surface area contributed by atoms with Crippen molar-refractivity contribution in [1.29, 1.82) is 0 Å². The highest BCUT2D eigenvalue weighted by molar-refractivity contribution is 7.09. The molecule has 0 spiro atoms. The molecule has 0 aliphatic carbocycles. The van der Waals surface area contributed by atoms with Crippen molar-refractivity contribution in [2.75, 3.05) is 10.6 Å². The fraction of sp³-hybridized carbons (Fsp3) is 0.188. The van der Waals surface area contributed by atoms with E-state index >= 15 is 0 Å². The Morgan fingerprint density at radius 3 is 2.52 bits per heavy atom. The minimum absolute atomic E-state index is 0.00804. The number of alkyl halides is 3. The fourth-order valence-corrected chi connectivity index (χ4v) is 2.54. The molecule has 0 bridgehead atoms. The van der Waals surface area contributed by atoms with Gasteiger partial charge in [-0.3, -0.25) is 9.59 Å². The van der Waals surface area contributed by atoms with E-state index in [0.717, 1.165) is 23.2 Å². The first-order valence-corrected chi connectivity index (χ1v) is 7.93. The Morgan fingerprint density at radius 2 is 1.96 bits per heavy atom. The summed E-state index contributed by atoms with van der Waals surface area (Å²) in [4.78, 5) is 27.0. The van der Waals surface area contributed by atoms with Gasteiger partial charge in [0.1, 0.15) is 0 Å². The van der Waals surface area contributed by atoms with E-state index in [9.17, 15) is 22.8 Å². The maximum absolute atomic E-state index is 13.2. The van der Waals surface area contributed by atoms with Gasteiger partial charge in [-0.05, 0) is 31.2 Å². The molecule has 0 unspecified atom stereocenters. The molecule has 0 radical (unpaired) electrons. The summed E-state index contributed by atoms with van der Waals surface area (Å²) >= 11 is 1.39. The van der Waals surface area contributed by atoms with E-state index in [1.807, 2.05) is 0 Å². The van der Waals surface area contributed by atoms with Crippen LogP contribution < -0.4 is 10.6 Å². The monoisotopic (exact) mass is 369 g/mol. The zero-order chi connectivity index (χ0) is 18.6. The number of hydrogen-bond donors (Lipinski definition) is 2. The lowest BCUT2D eigenvalue weighted by Crippen LogP contribution is -2.16. The number of nitrogens with one attached hydrogen (secondary N) is 2. The molecule has 1 heterocycles. The molecule has 0 saturated heterocycles. The van der Waals surface area contributed by atoms with Crippen LogP contribution in [0.2, 0.25) is 0 Å². The van der Waals surface area contributed by atoms with Gasteiger partial charge < -0.3 is 10.6 Å². The standard InChI is InChI=1S/C16H14F3N3O2S/c1-9(23)20-11-3-5-14(13(7-11)16(17,18)19)22-15(24)6-4-12-8-25-10(2)21-12/h3-8H,1-2H3,(H,20,23)(H,22,24)/b6-4+. The molecule has 132 valence electrons. The van der Waals surface area contributed by atoms with Crippen molar-refractivity contribution >= 4 is 40.6 Å². The van der Waals surface area contributed by atoms with E-state index in [-0.39, 0.29) is 5.69 Å². The van der Waals surface area contributed by atoms with Crippen LogP contribution in [-0.2, 0) is 15.8 Å². The van der Waals surface area contributed by atoms with Gasteiger partial charge >= 0.3 is 6.18 Å². The summed E-state index contributed by atoms with van der Waals surface area (Å²) in [6, 6.07) is 3.14. The molecule has 25 heavy (non-hydrogen) atoms. The summed E-state index contributed by atoms with van der Waals surface area (Å²) in [6.45, 7) is 2.99. The minimum Gasteiger partial charge on any atom is -0.326 e. The topological polar surface area (TPSA) is 71.1 Å². The van der Waals surface area contributed by atoms with Gasteiger partial charge in [0.2, 0.25) is 11.8 Å². The maximum Gasteiger partial charge on any atom is 0.418 e. The lowest BCUT2D eigenvalue weighted by atomic mass is 10.1. The molecule has 2 rings (SSSR count). The Morgan fingerprint density at radius 1 is 1.24 bits per heavy atom. The molecule has 1 aromatic heterocycles. The van der Waals surface area contributed by atoms with Gasteiger partial charge in [-0.25, -0.2) is 4.98 Å². The number of hydrogen-bond acceptors (Lipinski definition) is 4. The first kappa shape index (κ1) is 18.7. The van der Waals surface area contributed by atoms with Crippen molar-refractivity contribution < 1.29 is 22.8 Å². The lowest BCUT2D eigenvalue weighted by molar-refractivity contribution is -0.137. The van der Waals surface area contributed by atoms with Crippen LogP contribution in [-0.4, -0.2) is 16.8 Å². The molecule has 5 nitrogen and oxygen atoms in total. The molecule has 9 heteroatoms. The molecule has 0 atom stereocenters. The number of aromatic nitrogens is 1. The number of carbonyl (C=O) groups excluding carboxylic acids is 2. The number of benzene rings is 1. The smallest absolute Gasteiger partial charge is 0.326 e. The summed E-state index contributed by atoms with van der Waals surface area (Å²) < 4.78 is 39.5. The highest BCUT2D eigenvalue weighted by Crippen LogP contribution is 2.36. The number of halogens is 3. The first-order chi connectivity index (χ1) is 11.6. The Hall–Kier alpha value is -2.68. The van der Waals surface area contributed by atoms with Crippen molar-refractivity contribution in [3.63, 3.8) is 0 Å². The highest BCUT2D eigenvalue weighted by Gasteiger charge is 2.34. The van der Waals surface area contributed by atoms with Gasteiger partial charge in [0.25, 0.3) is 0 Å². The third-order valence-corrected chi connectivity index (χ3v) is 3.74. The van der Waals surface area contributed by atoms with Gasteiger partial charge in [0.05, 0.1) is 22.0 Å². The van der Waals surface area contributed by atoms with Crippen LogP contribution in [0.1, 0.15) is 23.2 Å². The highest BCUT2D eigenvalue weighted by atomic mass is 32.1. The van der Waals surface area contributed by atoms with Crippen LogP contribution in [0.25, 0.3) is 6.08 Å². The minimum atomic E-state index is -4.69. The molecular formula is C16H14F3N3O2S. The van der Waals surface area contributed by atoms with Crippen LogP contribution in [0.3, 0.4) is 0 Å². The number of aryl methyl sites for hydroxylation is 1. The largest absolute Gasteiger partial charge is 0.418 e. The zero-order valence-corrected chi connectivity index (χ0v) is 14.1. The third kappa shape index (κ3) is 5.42. The van der Waals surface area contributed by atoms with Crippen molar-refractivity contribution in [3.8, 4) is 0 Å². The van der Waals surface area contributed by atoms with E-state index in [0.29, 0.717) is 5.69 Å². The second-order valence-corrected chi connectivity index (χ2v) is 6.12. The third-order valence-electron chi connectivity index (χ3n) is 2.95. The molecule has 0 saturated carbocycles. The van der Waals surface area contributed by atoms with Gasteiger partial charge in [0.15, 0.2) is 0 Å². The molecule has 2 amide bonds. The SMILES string of the molecule is CC(=O)Nc1ccc(NC(=O)/C=C/c2csc(C)n2)c(C(F)(F)F)c1. The number of rotatable bonds is 4. The molecule has 2 N–H and O–H groups in total. The average Bonchev–Trinajstić information content (AvgIpc) is 2.91. The summed E-state index contributed by atoms with van der Waals surface area (Å²) in [5, 5.41) is 7.00. The molecule has 1 aromatic carbocycles. The Kier molecular flexibility index (Phi) is 5.58. The quantitative estimate of drug-likeness (QED) is 0.798. The van der Waals surface area contributed by atoms with E-state index in [4.69, 9.17) is 0 Å². The summed E-state index contributed by atoms with van der Waals surface area (Å²) in [5.41, 5.74) is -0.906. The summed E-state index contributed by atoms with van der Waals surface area (Å²) in [5.74, 6) is -1.21. The number of anilines is 2. The summed E-state index contributed by atoms with van der Waals surface area (Å²) in [6.07, 6.45) is -2.17. The molecule has 0 aliphatic rings. The lowest BCUT2D eigenvalue weighted by Gasteiger charge is -2.15. The Balaban J connectivity index is 2.21. The number of nitrogens with zero attached hydrogens (tertiary/aromatic N) is 1. The van der Waals surface area contributed by atoms with E-state index < -0.39 is 29.2 Å². The van der Waals surface area contributed by atoms with Crippen LogP contribution in [0.15, 0.2) is 29.7 Å². The predicted octanol–water partition coefficient (Wildman–Crippen LogP) is 4.08. The van der Waals surface area contributed by atoms with Gasteiger partial charge in [-0.2, -0.15) is 13.2 Å². The van der Waals surface area contributed by atoms with Crippen molar-refractivity contribution in [2.45, 2.75) is 20.0 Å². The van der Waals surface area contributed by atoms with Crippen molar-refractivity contribution in [1.82, 2.24) is 4.98 Å². The average molecular weight is 369 g/mol. The van der Waals surface area contributed by atoms with Crippen LogP contribution in [0, 0.1) is 6.92 Å². The number of amides is 2. The summed E-state index contributed by atoms with van der Waals surface area (Å²) in [7, 11) is 0. The molecule has 0 aliphatic heterocycles. The second-order valence-electron chi connectivity index (χ2n) is 5.05. The van der Waals surface area contributed by atoms with Crippen LogP contribution in [0.5, 0.6) is 0 Å². The van der Waals surface area contributed by atoms with Gasteiger partial charge in [-0.1, -0.05) is 0 Å². The normalized spacial score (nSPS) is 11.6. The van der Waals surface area contributed by atoms with Crippen molar-refractivity contribution in [2.24, 2.45) is 0 Å². The van der Waals surface area contributed by atoms with Gasteiger partial charge in [0, 0.05) is 24.1 Å². The molecule has 0 fully saturated rings. The van der Waals surface area contributed by atoms with E-state index in [1.54, 1.807) is 12.3 Å². The fourth-order valence-electron chi connectivity index (χ4n) is 1.96. The number of thiazole rings is 1. The van der Waals surface area contributed by atoms with Crippen LogP contribution in [0.4, 0.5) is 24.5 Å². The Labute approximate surface area is 145 Å². The maximum atomic E-state index is 13.2. The van der Waals surface area contributed by atoms with E-state index in [2.05, 4.69) is 15.6 Å². The van der Waals surface area contributed by atoms with Crippen molar-refractivity contribution in [3.05, 3.63) is 45.9 Å². The molecular weight excluding hydrogens is 355 g/mol. The predicted molar refractivity (Wildman–Crippen MR) is 90.3 cm³/mol. The second kappa shape index (κ2) is 7.47. The Bertz CT molecular complexity index is 828.